The summed E-state index contributed by atoms with van der Waals surface area (Å²) in [5, 5.41) is 5.53. The Bertz CT molecular complexity index is 596. The van der Waals surface area contributed by atoms with Crippen LogP contribution in [0.4, 0.5) is 0 Å². The average Bonchev–Trinajstić information content (AvgIpc) is 2.67. The molecule has 6 heteroatoms. The van der Waals surface area contributed by atoms with Gasteiger partial charge in [-0.3, -0.25) is 14.4 Å². The molecule has 0 bridgehead atoms. The summed E-state index contributed by atoms with van der Waals surface area (Å²) in [6, 6.07) is 9.94. The molecule has 6 nitrogen and oxygen atoms in total. The van der Waals surface area contributed by atoms with Crippen LogP contribution >= 0.6 is 0 Å². The van der Waals surface area contributed by atoms with Gasteiger partial charge in [-0.25, -0.2) is 0 Å². The first kappa shape index (κ1) is 19.9. The number of hydrogen-bond donors (Lipinski definition) is 2. The maximum absolute atomic E-state index is 12.2. The van der Waals surface area contributed by atoms with Crippen molar-refractivity contribution in [3.8, 4) is 0 Å². The van der Waals surface area contributed by atoms with Crippen LogP contribution in [0, 0.1) is 5.92 Å². The molecule has 142 valence electrons. The topological polar surface area (TPSA) is 78.5 Å². The Morgan fingerprint density at radius 2 is 1.77 bits per heavy atom. The quantitative estimate of drug-likeness (QED) is 0.738. The third-order valence-corrected chi connectivity index (χ3v) is 4.68. The number of carbonyl (C=O) groups is 3. The van der Waals surface area contributed by atoms with E-state index in [1.54, 1.807) is 0 Å². The van der Waals surface area contributed by atoms with Crippen LogP contribution < -0.4 is 10.6 Å². The van der Waals surface area contributed by atoms with Gasteiger partial charge in [0, 0.05) is 32.0 Å². The fourth-order valence-corrected chi connectivity index (χ4v) is 3.13. The molecule has 1 aromatic carbocycles. The van der Waals surface area contributed by atoms with Crippen LogP contribution in [0.2, 0.25) is 0 Å². The Kier molecular flexibility index (Phi) is 8.12. The second-order valence-corrected chi connectivity index (χ2v) is 6.71. The van der Waals surface area contributed by atoms with Gasteiger partial charge in [0.15, 0.2) is 0 Å². The van der Waals surface area contributed by atoms with Crippen molar-refractivity contribution < 1.29 is 14.4 Å². The van der Waals surface area contributed by atoms with Crippen molar-refractivity contribution in [2.45, 2.75) is 39.0 Å². The van der Waals surface area contributed by atoms with Crippen LogP contribution in [-0.4, -0.2) is 48.8 Å². The lowest BCUT2D eigenvalue weighted by Gasteiger charge is -2.31. The molecule has 26 heavy (non-hydrogen) atoms. The van der Waals surface area contributed by atoms with Gasteiger partial charge in [-0.15, -0.1) is 0 Å². The summed E-state index contributed by atoms with van der Waals surface area (Å²) in [6.07, 6.45) is 3.51. The predicted molar refractivity (Wildman–Crippen MR) is 100 cm³/mol. The summed E-state index contributed by atoms with van der Waals surface area (Å²) < 4.78 is 0. The van der Waals surface area contributed by atoms with Crippen LogP contribution in [0.15, 0.2) is 30.3 Å². The number of carbonyl (C=O) groups excluding carboxylic acids is 3. The zero-order valence-electron chi connectivity index (χ0n) is 15.5. The van der Waals surface area contributed by atoms with E-state index >= 15 is 0 Å². The van der Waals surface area contributed by atoms with Gasteiger partial charge in [0.2, 0.25) is 17.7 Å². The second-order valence-electron chi connectivity index (χ2n) is 6.71. The maximum Gasteiger partial charge on any atom is 0.239 e. The van der Waals surface area contributed by atoms with Crippen molar-refractivity contribution in [3.05, 3.63) is 35.9 Å². The number of likely N-dealkylation sites (tertiary alicyclic amines) is 1. The van der Waals surface area contributed by atoms with E-state index in [4.69, 9.17) is 0 Å². The summed E-state index contributed by atoms with van der Waals surface area (Å²) >= 11 is 0. The van der Waals surface area contributed by atoms with Crippen molar-refractivity contribution in [1.29, 1.82) is 0 Å². The van der Waals surface area contributed by atoms with E-state index in [-0.39, 0.29) is 30.2 Å². The monoisotopic (exact) mass is 359 g/mol. The number of hydrogen-bond acceptors (Lipinski definition) is 3. The highest BCUT2D eigenvalue weighted by Crippen LogP contribution is 2.18. The summed E-state index contributed by atoms with van der Waals surface area (Å²) in [4.78, 5) is 37.8. The van der Waals surface area contributed by atoms with E-state index in [0.717, 1.165) is 12.8 Å². The molecular weight excluding hydrogens is 330 g/mol. The zero-order valence-corrected chi connectivity index (χ0v) is 15.5. The van der Waals surface area contributed by atoms with Crippen molar-refractivity contribution in [2.24, 2.45) is 5.92 Å². The Morgan fingerprint density at radius 1 is 1.08 bits per heavy atom. The molecule has 0 radical (unpaired) electrons. The number of piperidine rings is 1. The maximum atomic E-state index is 12.2. The minimum absolute atomic E-state index is 0.00258. The van der Waals surface area contributed by atoms with E-state index in [2.05, 4.69) is 10.6 Å². The molecule has 2 rings (SSSR count). The second kappa shape index (κ2) is 10.6. The van der Waals surface area contributed by atoms with E-state index in [9.17, 15) is 14.4 Å². The zero-order chi connectivity index (χ0) is 18.8. The Hall–Kier alpha value is -2.37. The van der Waals surface area contributed by atoms with Gasteiger partial charge in [-0.1, -0.05) is 37.3 Å². The average molecular weight is 359 g/mol. The highest BCUT2D eigenvalue weighted by atomic mass is 16.2. The van der Waals surface area contributed by atoms with E-state index < -0.39 is 0 Å². The van der Waals surface area contributed by atoms with Gasteiger partial charge < -0.3 is 15.5 Å². The smallest absolute Gasteiger partial charge is 0.239 e. The molecule has 1 heterocycles. The van der Waals surface area contributed by atoms with E-state index in [1.165, 1.54) is 5.56 Å². The van der Waals surface area contributed by atoms with Crippen molar-refractivity contribution in [1.82, 2.24) is 15.5 Å². The van der Waals surface area contributed by atoms with E-state index in [0.29, 0.717) is 38.9 Å². The number of rotatable bonds is 8. The molecule has 1 fully saturated rings. The summed E-state index contributed by atoms with van der Waals surface area (Å²) in [6.45, 7) is 3.79. The molecular formula is C20H29N3O3. The van der Waals surface area contributed by atoms with Gasteiger partial charge in [0.05, 0.1) is 6.54 Å². The Morgan fingerprint density at radius 3 is 2.42 bits per heavy atom. The molecule has 1 aliphatic rings. The van der Waals surface area contributed by atoms with Crippen molar-refractivity contribution in [2.75, 3.05) is 26.2 Å². The lowest BCUT2D eigenvalue weighted by molar-refractivity contribution is -0.135. The third-order valence-electron chi connectivity index (χ3n) is 4.68. The molecule has 0 atom stereocenters. The highest BCUT2D eigenvalue weighted by molar-refractivity contribution is 5.86. The summed E-state index contributed by atoms with van der Waals surface area (Å²) in [5.74, 6) is -0.211. The van der Waals surface area contributed by atoms with Crippen LogP contribution in [0.1, 0.15) is 38.2 Å². The third kappa shape index (κ3) is 6.50. The van der Waals surface area contributed by atoms with Crippen LogP contribution in [0.5, 0.6) is 0 Å². The molecule has 2 N–H and O–H groups in total. The lowest BCUT2D eigenvalue weighted by atomic mass is 9.95. The van der Waals surface area contributed by atoms with Gasteiger partial charge in [0.1, 0.15) is 0 Å². The lowest BCUT2D eigenvalue weighted by Crippen LogP contribution is -2.45. The van der Waals surface area contributed by atoms with Gasteiger partial charge in [0.25, 0.3) is 0 Å². The highest BCUT2D eigenvalue weighted by Gasteiger charge is 2.26. The Labute approximate surface area is 155 Å². The molecule has 0 saturated carbocycles. The minimum Gasteiger partial charge on any atom is -0.354 e. The fourth-order valence-electron chi connectivity index (χ4n) is 3.13. The summed E-state index contributed by atoms with van der Waals surface area (Å²) in [7, 11) is 0. The molecule has 0 aliphatic carbocycles. The van der Waals surface area contributed by atoms with Gasteiger partial charge >= 0.3 is 0 Å². The molecule has 0 spiro atoms. The number of amides is 3. The van der Waals surface area contributed by atoms with Crippen LogP contribution in [-0.2, 0) is 20.8 Å². The van der Waals surface area contributed by atoms with Gasteiger partial charge in [-0.05, 0) is 31.2 Å². The predicted octanol–water partition coefficient (Wildman–Crippen LogP) is 1.50. The normalized spacial score (nSPS) is 14.7. The van der Waals surface area contributed by atoms with Crippen LogP contribution in [0.25, 0.3) is 0 Å². The first-order valence-electron chi connectivity index (χ1n) is 9.46. The molecule has 1 saturated heterocycles. The van der Waals surface area contributed by atoms with Crippen molar-refractivity contribution in [3.63, 3.8) is 0 Å². The number of benzene rings is 1. The number of nitrogens with one attached hydrogen (secondary N) is 2. The Balaban J connectivity index is 1.61. The molecule has 3 amide bonds. The SMILES string of the molecule is CCCC(=O)N1CCC(C(=O)NCC(=O)NCCc2ccccc2)CC1. The molecule has 1 aliphatic heterocycles. The molecule has 0 aromatic heterocycles. The van der Waals surface area contributed by atoms with Crippen molar-refractivity contribution >= 4 is 17.7 Å². The molecule has 1 aromatic rings. The standard InChI is InChI=1S/C20H29N3O3/c1-2-6-19(25)23-13-10-17(11-14-23)20(26)22-15-18(24)21-12-9-16-7-4-3-5-8-16/h3-5,7-8,17H,2,6,9-15H2,1H3,(H,21,24)(H,22,26). The largest absolute Gasteiger partial charge is 0.354 e. The fraction of sp³-hybridized carbons (Fsp3) is 0.550. The minimum atomic E-state index is -0.176. The van der Waals surface area contributed by atoms with E-state index in [1.807, 2.05) is 42.2 Å². The molecule has 0 unspecified atom stereocenters. The summed E-state index contributed by atoms with van der Waals surface area (Å²) in [5.41, 5.74) is 1.17. The van der Waals surface area contributed by atoms with Crippen LogP contribution in [0.3, 0.4) is 0 Å². The first-order chi connectivity index (χ1) is 12.6. The van der Waals surface area contributed by atoms with Gasteiger partial charge in [-0.2, -0.15) is 0 Å². The number of nitrogens with zero attached hydrogens (tertiary/aromatic N) is 1. The first-order valence-corrected chi connectivity index (χ1v) is 9.46.